The van der Waals surface area contributed by atoms with Crippen molar-refractivity contribution in [3.8, 4) is 0 Å². The summed E-state index contributed by atoms with van der Waals surface area (Å²) in [7, 11) is 0. The van der Waals surface area contributed by atoms with Gasteiger partial charge in [-0.05, 0) is 6.42 Å². The fraction of sp³-hybridized carbons (Fsp3) is 0.400. The molecule has 1 rings (SSSR count). The number of rotatable bonds is 5. The van der Waals surface area contributed by atoms with Gasteiger partial charge in [-0.2, -0.15) is 0 Å². The van der Waals surface area contributed by atoms with Crippen LogP contribution in [0, 0.1) is 0 Å². The van der Waals surface area contributed by atoms with Crippen LogP contribution in [0.1, 0.15) is 23.7 Å². The summed E-state index contributed by atoms with van der Waals surface area (Å²) in [5.41, 5.74) is 0.303. The number of hydrogen-bond acceptors (Lipinski definition) is 4. The topological polar surface area (TPSA) is 83.4 Å². The third-order valence-corrected chi connectivity index (χ3v) is 1.91. The van der Waals surface area contributed by atoms with E-state index in [1.54, 1.807) is 0 Å². The first kappa shape index (κ1) is 12.1. The maximum absolute atomic E-state index is 11.9. The molecule has 0 spiro atoms. The molecule has 6 nitrogen and oxygen atoms in total. The highest BCUT2D eigenvalue weighted by atomic mass is 16.4. The first-order chi connectivity index (χ1) is 7.65. The zero-order chi connectivity index (χ0) is 12.0. The largest absolute Gasteiger partial charge is 0.480 e. The van der Waals surface area contributed by atoms with Gasteiger partial charge in [-0.15, -0.1) is 0 Å². The van der Waals surface area contributed by atoms with Crippen molar-refractivity contribution in [3.05, 3.63) is 24.3 Å². The van der Waals surface area contributed by atoms with E-state index in [0.717, 1.165) is 0 Å². The Kier molecular flexibility index (Phi) is 4.38. The molecule has 0 saturated heterocycles. The van der Waals surface area contributed by atoms with Gasteiger partial charge in [0.15, 0.2) is 0 Å². The van der Waals surface area contributed by atoms with E-state index in [4.69, 9.17) is 5.11 Å². The summed E-state index contributed by atoms with van der Waals surface area (Å²) in [5, 5.41) is 8.68. The van der Waals surface area contributed by atoms with Crippen LogP contribution in [0.15, 0.2) is 18.7 Å². The van der Waals surface area contributed by atoms with Crippen molar-refractivity contribution in [1.29, 1.82) is 0 Å². The fourth-order valence-electron chi connectivity index (χ4n) is 1.28. The Morgan fingerprint density at radius 2 is 2.00 bits per heavy atom. The zero-order valence-electron chi connectivity index (χ0n) is 8.96. The monoisotopic (exact) mass is 223 g/mol. The van der Waals surface area contributed by atoms with Crippen LogP contribution in [0.2, 0.25) is 0 Å². The van der Waals surface area contributed by atoms with Crippen LogP contribution in [-0.2, 0) is 4.79 Å². The number of nitrogens with zero attached hydrogens (tertiary/aromatic N) is 3. The average molecular weight is 223 g/mol. The lowest BCUT2D eigenvalue weighted by molar-refractivity contribution is -0.137. The predicted octanol–water partition coefficient (Wildman–Crippen LogP) is 0.413. The lowest BCUT2D eigenvalue weighted by atomic mass is 10.2. The second kappa shape index (κ2) is 5.79. The molecule has 0 atom stereocenters. The van der Waals surface area contributed by atoms with Gasteiger partial charge in [-0.3, -0.25) is 9.59 Å². The molecule has 0 saturated carbocycles. The van der Waals surface area contributed by atoms with Crippen molar-refractivity contribution in [2.45, 2.75) is 13.3 Å². The standard InChI is InChI=1S/C10H13N3O3/c1-2-3-13(6-9(14)15)10(16)8-4-11-7-12-5-8/h4-5,7H,2-3,6H2,1H3,(H,14,15). The van der Waals surface area contributed by atoms with E-state index in [0.29, 0.717) is 18.5 Å². The minimum Gasteiger partial charge on any atom is -0.480 e. The number of carbonyl (C=O) groups excluding carboxylic acids is 1. The number of carboxylic acid groups (broad SMARTS) is 1. The number of aromatic nitrogens is 2. The normalized spacial score (nSPS) is 9.81. The third-order valence-electron chi connectivity index (χ3n) is 1.91. The number of amides is 1. The maximum Gasteiger partial charge on any atom is 0.323 e. The molecule has 1 heterocycles. The van der Waals surface area contributed by atoms with Crippen LogP contribution in [0.5, 0.6) is 0 Å². The second-order valence-corrected chi connectivity index (χ2v) is 3.25. The number of carboxylic acids is 1. The zero-order valence-corrected chi connectivity index (χ0v) is 8.96. The van der Waals surface area contributed by atoms with Crippen LogP contribution in [-0.4, -0.2) is 44.9 Å². The van der Waals surface area contributed by atoms with E-state index in [1.807, 2.05) is 6.92 Å². The molecule has 16 heavy (non-hydrogen) atoms. The van der Waals surface area contributed by atoms with Gasteiger partial charge < -0.3 is 10.0 Å². The van der Waals surface area contributed by atoms with Gasteiger partial charge >= 0.3 is 5.97 Å². The molecule has 0 aromatic carbocycles. The van der Waals surface area contributed by atoms with Gasteiger partial charge in [-0.1, -0.05) is 6.92 Å². The Morgan fingerprint density at radius 3 is 2.50 bits per heavy atom. The van der Waals surface area contributed by atoms with Crippen molar-refractivity contribution in [1.82, 2.24) is 14.9 Å². The summed E-state index contributed by atoms with van der Waals surface area (Å²) in [4.78, 5) is 31.2. The van der Waals surface area contributed by atoms with E-state index in [-0.39, 0.29) is 12.5 Å². The molecule has 0 unspecified atom stereocenters. The Morgan fingerprint density at radius 1 is 1.38 bits per heavy atom. The first-order valence-corrected chi connectivity index (χ1v) is 4.91. The van der Waals surface area contributed by atoms with Crippen LogP contribution >= 0.6 is 0 Å². The van der Waals surface area contributed by atoms with Crippen LogP contribution < -0.4 is 0 Å². The Bertz CT molecular complexity index is 367. The fourth-order valence-corrected chi connectivity index (χ4v) is 1.28. The van der Waals surface area contributed by atoms with E-state index in [2.05, 4.69) is 9.97 Å². The highest BCUT2D eigenvalue weighted by Gasteiger charge is 2.17. The second-order valence-electron chi connectivity index (χ2n) is 3.25. The molecule has 6 heteroatoms. The van der Waals surface area contributed by atoms with Crippen molar-refractivity contribution < 1.29 is 14.7 Å². The molecule has 0 bridgehead atoms. The Hall–Kier alpha value is -1.98. The van der Waals surface area contributed by atoms with Crippen LogP contribution in [0.25, 0.3) is 0 Å². The molecule has 0 radical (unpaired) electrons. The molecule has 1 N–H and O–H groups in total. The summed E-state index contributed by atoms with van der Waals surface area (Å²) < 4.78 is 0. The van der Waals surface area contributed by atoms with Gasteiger partial charge in [0.2, 0.25) is 0 Å². The lowest BCUT2D eigenvalue weighted by Gasteiger charge is -2.19. The summed E-state index contributed by atoms with van der Waals surface area (Å²) in [6.07, 6.45) is 4.77. The van der Waals surface area contributed by atoms with Gasteiger partial charge in [0.25, 0.3) is 5.91 Å². The van der Waals surface area contributed by atoms with Crippen molar-refractivity contribution in [2.24, 2.45) is 0 Å². The molecular weight excluding hydrogens is 210 g/mol. The molecular formula is C10H13N3O3. The third kappa shape index (κ3) is 3.30. The predicted molar refractivity (Wildman–Crippen MR) is 55.9 cm³/mol. The van der Waals surface area contributed by atoms with E-state index < -0.39 is 5.97 Å². The number of carbonyl (C=O) groups is 2. The molecule has 0 fully saturated rings. The van der Waals surface area contributed by atoms with Crippen molar-refractivity contribution in [3.63, 3.8) is 0 Å². The quantitative estimate of drug-likeness (QED) is 0.781. The van der Waals surface area contributed by atoms with Crippen molar-refractivity contribution >= 4 is 11.9 Å². The molecule has 1 aromatic rings. The minimum absolute atomic E-state index is 0.303. The molecule has 1 amide bonds. The lowest BCUT2D eigenvalue weighted by Crippen LogP contribution is -2.36. The van der Waals surface area contributed by atoms with Crippen LogP contribution in [0.4, 0.5) is 0 Å². The number of hydrogen-bond donors (Lipinski definition) is 1. The summed E-state index contributed by atoms with van der Waals surface area (Å²) >= 11 is 0. The molecule has 0 aliphatic rings. The van der Waals surface area contributed by atoms with Gasteiger partial charge in [0.1, 0.15) is 12.9 Å². The SMILES string of the molecule is CCCN(CC(=O)O)C(=O)c1cncnc1. The molecule has 86 valence electrons. The van der Waals surface area contributed by atoms with Crippen LogP contribution in [0.3, 0.4) is 0 Å². The highest BCUT2D eigenvalue weighted by molar-refractivity contribution is 5.95. The Balaban J connectivity index is 2.78. The summed E-state index contributed by atoms with van der Waals surface area (Å²) in [6.45, 7) is 1.98. The average Bonchev–Trinajstić information content (AvgIpc) is 2.28. The van der Waals surface area contributed by atoms with Gasteiger partial charge in [0.05, 0.1) is 5.56 Å². The molecule has 0 aliphatic heterocycles. The maximum atomic E-state index is 11.9. The van der Waals surface area contributed by atoms with Gasteiger partial charge in [-0.25, -0.2) is 9.97 Å². The molecule has 1 aromatic heterocycles. The smallest absolute Gasteiger partial charge is 0.323 e. The number of aliphatic carboxylic acids is 1. The summed E-state index contributed by atoms with van der Waals surface area (Å²) in [5.74, 6) is -1.39. The minimum atomic E-state index is -1.03. The Labute approximate surface area is 92.9 Å². The highest BCUT2D eigenvalue weighted by Crippen LogP contribution is 2.02. The van der Waals surface area contributed by atoms with E-state index >= 15 is 0 Å². The summed E-state index contributed by atoms with van der Waals surface area (Å²) in [6, 6.07) is 0. The molecule has 0 aliphatic carbocycles. The van der Waals surface area contributed by atoms with Gasteiger partial charge in [0, 0.05) is 18.9 Å². The van der Waals surface area contributed by atoms with Crippen molar-refractivity contribution in [2.75, 3.05) is 13.1 Å². The van der Waals surface area contributed by atoms with E-state index in [9.17, 15) is 9.59 Å². The first-order valence-electron chi connectivity index (χ1n) is 4.91. The van der Waals surface area contributed by atoms with E-state index in [1.165, 1.54) is 23.6 Å².